The monoisotopic (exact) mass is 622 g/mol. The second kappa shape index (κ2) is 12.2. The predicted octanol–water partition coefficient (Wildman–Crippen LogP) is 5.88. The molecule has 0 spiro atoms. The van der Waals surface area contributed by atoms with Crippen molar-refractivity contribution in [2.75, 3.05) is 63.2 Å². The lowest BCUT2D eigenvalue weighted by molar-refractivity contribution is 0.249. The molecule has 4 aromatic rings. The Morgan fingerprint density at radius 3 is 2.48 bits per heavy atom. The average Bonchev–Trinajstić information content (AvgIpc) is 2.94. The van der Waals surface area contributed by atoms with Gasteiger partial charge in [0.1, 0.15) is 11.6 Å². The fraction of sp³-hybridized carbons (Fsp3) is 0.379. The van der Waals surface area contributed by atoms with Crippen LogP contribution < -0.4 is 25.6 Å². The zero-order valence-corrected chi connectivity index (χ0v) is 26.3. The number of ether oxygens (including phenoxy) is 1. The highest BCUT2D eigenvalue weighted by molar-refractivity contribution is 9.10. The number of nitrogens with zero attached hydrogens (tertiary/aromatic N) is 6. The van der Waals surface area contributed by atoms with Crippen LogP contribution in [0.3, 0.4) is 0 Å². The van der Waals surface area contributed by atoms with E-state index in [-0.39, 0.29) is 0 Å². The minimum atomic E-state index is -0.457. The molecular formula is C29H36BrN8OP. The third-order valence-electron chi connectivity index (χ3n) is 7.36. The van der Waals surface area contributed by atoms with Crippen molar-refractivity contribution in [3.05, 3.63) is 52.9 Å². The van der Waals surface area contributed by atoms with Crippen LogP contribution in [-0.4, -0.2) is 78.5 Å². The molecule has 0 amide bonds. The lowest BCUT2D eigenvalue weighted by Gasteiger charge is -2.37. The van der Waals surface area contributed by atoms with Gasteiger partial charge < -0.3 is 25.2 Å². The lowest BCUT2D eigenvalue weighted by atomic mass is 10.0. The molecule has 2 aromatic carbocycles. The number of hydrogen-bond acceptors (Lipinski definition) is 9. The van der Waals surface area contributed by atoms with E-state index in [2.05, 4.69) is 97.8 Å². The lowest BCUT2D eigenvalue weighted by Crippen LogP contribution is -2.42. The first-order chi connectivity index (χ1) is 19.2. The normalized spacial score (nSPS) is 14.3. The number of hydrogen-bond donors (Lipinski definition) is 2. The Kier molecular flexibility index (Phi) is 8.68. The van der Waals surface area contributed by atoms with E-state index in [4.69, 9.17) is 9.72 Å². The Labute approximate surface area is 245 Å². The minimum Gasteiger partial charge on any atom is -0.494 e. The van der Waals surface area contributed by atoms with Gasteiger partial charge in [0.15, 0.2) is 0 Å². The van der Waals surface area contributed by atoms with Crippen molar-refractivity contribution in [1.82, 2.24) is 24.8 Å². The molecule has 1 aliphatic rings. The van der Waals surface area contributed by atoms with E-state index >= 15 is 0 Å². The van der Waals surface area contributed by atoms with Crippen molar-refractivity contribution in [3.63, 3.8) is 0 Å². The molecule has 0 unspecified atom stereocenters. The third kappa shape index (κ3) is 5.99. The number of nitrogens with one attached hydrogen (secondary N) is 2. The van der Waals surface area contributed by atoms with Crippen LogP contribution in [0.2, 0.25) is 0 Å². The summed E-state index contributed by atoms with van der Waals surface area (Å²) in [5.41, 5.74) is 5.98. The molecule has 9 nitrogen and oxygen atoms in total. The van der Waals surface area contributed by atoms with Gasteiger partial charge in [0, 0.05) is 60.5 Å². The van der Waals surface area contributed by atoms with Gasteiger partial charge in [-0.05, 0) is 86.9 Å². The number of anilines is 5. The Balaban J connectivity index is 1.40. The molecule has 5 rings (SSSR count). The number of benzene rings is 2. The second-order valence-corrected chi connectivity index (χ2v) is 13.5. The number of fused-ring (bicyclic) bond motifs is 1. The highest BCUT2D eigenvalue weighted by Crippen LogP contribution is 2.37. The van der Waals surface area contributed by atoms with E-state index in [9.17, 15) is 0 Å². The first kappa shape index (κ1) is 28.5. The van der Waals surface area contributed by atoms with Crippen molar-refractivity contribution in [1.29, 1.82) is 0 Å². The first-order valence-corrected chi connectivity index (χ1v) is 16.4. The minimum absolute atomic E-state index is 0.457. The van der Waals surface area contributed by atoms with Crippen LogP contribution in [0.4, 0.5) is 28.8 Å². The fourth-order valence-electron chi connectivity index (χ4n) is 5.25. The molecule has 1 aliphatic heterocycles. The van der Waals surface area contributed by atoms with Crippen molar-refractivity contribution in [2.24, 2.45) is 0 Å². The molecule has 0 atom stereocenters. The van der Waals surface area contributed by atoms with E-state index in [1.165, 1.54) is 11.3 Å². The van der Waals surface area contributed by atoms with E-state index in [1.54, 1.807) is 25.7 Å². The Morgan fingerprint density at radius 2 is 1.77 bits per heavy atom. The zero-order chi connectivity index (χ0) is 28.4. The maximum atomic E-state index is 5.81. The van der Waals surface area contributed by atoms with Crippen LogP contribution in [0.1, 0.15) is 18.4 Å². The SMILES string of the molecule is COc1cc(N2CCC(N(C)C)CC2)c(C)cc1Nc1ncc(Br)c(Nc2ccc3nccnc3c2P(C)C)n1. The summed E-state index contributed by atoms with van der Waals surface area (Å²) in [7, 11) is 5.58. The van der Waals surface area contributed by atoms with Crippen molar-refractivity contribution in [2.45, 2.75) is 25.8 Å². The van der Waals surface area contributed by atoms with Gasteiger partial charge in [-0.3, -0.25) is 9.97 Å². The number of rotatable bonds is 8. The number of aromatic nitrogens is 4. The maximum absolute atomic E-state index is 5.81. The summed E-state index contributed by atoms with van der Waals surface area (Å²) in [6.45, 7) is 8.64. The molecule has 0 radical (unpaired) electrons. The van der Waals surface area contributed by atoms with Crippen LogP contribution in [-0.2, 0) is 0 Å². The van der Waals surface area contributed by atoms with Crippen molar-refractivity contribution >= 4 is 69.0 Å². The molecule has 2 aromatic heterocycles. The van der Waals surface area contributed by atoms with Gasteiger partial charge in [-0.1, -0.05) is 7.92 Å². The molecule has 2 N–H and O–H groups in total. The van der Waals surface area contributed by atoms with Gasteiger partial charge in [-0.15, -0.1) is 0 Å². The number of piperidine rings is 1. The summed E-state index contributed by atoms with van der Waals surface area (Å²) in [5, 5.41) is 8.05. The maximum Gasteiger partial charge on any atom is 0.229 e. The summed E-state index contributed by atoms with van der Waals surface area (Å²) in [6, 6.07) is 8.91. The summed E-state index contributed by atoms with van der Waals surface area (Å²) in [6.07, 6.45) is 7.52. The zero-order valence-electron chi connectivity index (χ0n) is 23.9. The van der Waals surface area contributed by atoms with Gasteiger partial charge >= 0.3 is 0 Å². The predicted molar refractivity (Wildman–Crippen MR) is 171 cm³/mol. The fourth-order valence-corrected chi connectivity index (χ4v) is 6.74. The molecule has 0 saturated carbocycles. The van der Waals surface area contributed by atoms with Gasteiger partial charge in [-0.2, -0.15) is 4.98 Å². The van der Waals surface area contributed by atoms with Crippen molar-refractivity contribution in [3.8, 4) is 5.75 Å². The molecule has 0 bridgehead atoms. The van der Waals surface area contributed by atoms with Crippen LogP contribution in [0.5, 0.6) is 5.75 Å². The largest absolute Gasteiger partial charge is 0.494 e. The molecule has 11 heteroatoms. The first-order valence-electron chi connectivity index (χ1n) is 13.3. The third-order valence-corrected chi connectivity index (χ3v) is 9.29. The quantitative estimate of drug-likeness (QED) is 0.234. The molecule has 3 heterocycles. The summed E-state index contributed by atoms with van der Waals surface area (Å²) in [4.78, 5) is 23.2. The summed E-state index contributed by atoms with van der Waals surface area (Å²) < 4.78 is 6.57. The van der Waals surface area contributed by atoms with Crippen LogP contribution in [0, 0.1) is 6.92 Å². The van der Waals surface area contributed by atoms with Gasteiger partial charge in [-0.25, -0.2) is 4.98 Å². The molecule has 40 heavy (non-hydrogen) atoms. The topological polar surface area (TPSA) is 91.3 Å². The smallest absolute Gasteiger partial charge is 0.229 e. The van der Waals surface area contributed by atoms with Crippen LogP contribution in [0.15, 0.2) is 47.3 Å². The van der Waals surface area contributed by atoms with E-state index < -0.39 is 7.92 Å². The van der Waals surface area contributed by atoms with Gasteiger partial charge in [0.25, 0.3) is 0 Å². The molecule has 1 fully saturated rings. The number of methoxy groups -OCH3 is 1. The van der Waals surface area contributed by atoms with Gasteiger partial charge in [0.2, 0.25) is 5.95 Å². The Hall–Kier alpha value is -3.07. The summed E-state index contributed by atoms with van der Waals surface area (Å²) >= 11 is 3.62. The number of halogens is 1. The Bertz CT molecular complexity index is 1510. The highest BCUT2D eigenvalue weighted by atomic mass is 79.9. The highest BCUT2D eigenvalue weighted by Gasteiger charge is 2.23. The van der Waals surface area contributed by atoms with E-state index in [0.717, 1.165) is 63.9 Å². The molecule has 1 saturated heterocycles. The molecule has 210 valence electrons. The van der Waals surface area contributed by atoms with E-state index in [1.807, 2.05) is 12.1 Å². The summed E-state index contributed by atoms with van der Waals surface area (Å²) in [5.74, 6) is 1.89. The van der Waals surface area contributed by atoms with Crippen LogP contribution in [0.25, 0.3) is 11.0 Å². The van der Waals surface area contributed by atoms with Crippen molar-refractivity contribution < 1.29 is 4.74 Å². The van der Waals surface area contributed by atoms with Gasteiger partial charge in [0.05, 0.1) is 28.3 Å². The average molecular weight is 624 g/mol. The molecule has 0 aliphatic carbocycles. The molecular weight excluding hydrogens is 587 g/mol. The van der Waals surface area contributed by atoms with Crippen LogP contribution >= 0.6 is 23.9 Å². The van der Waals surface area contributed by atoms with E-state index in [0.29, 0.717) is 17.8 Å². The number of aryl methyl sites for hydroxylation is 1. The Morgan fingerprint density at radius 1 is 1.02 bits per heavy atom. The second-order valence-electron chi connectivity index (χ2n) is 10.4. The standard InChI is InChI=1S/C29H36BrN8OP/c1-18-15-23(25(39-4)16-24(18)38-13-9-19(10-14-38)37(2)3)35-29-33-17-20(30)28(36-29)34-22-8-7-21-26(27(22)40(5)6)32-12-11-31-21/h7-8,11-12,15-17,19H,9-10,13-14H2,1-6H3,(H2,33,34,35,36).